The number of ether oxygens (including phenoxy) is 2. The highest BCUT2D eigenvalue weighted by molar-refractivity contribution is 8.00. The third-order valence-electron chi connectivity index (χ3n) is 5.87. The van der Waals surface area contributed by atoms with Crippen LogP contribution in [0.5, 0.6) is 11.5 Å². The Morgan fingerprint density at radius 2 is 1.71 bits per heavy atom. The molecule has 4 aromatic rings. The topological polar surface area (TPSA) is 82.5 Å². The van der Waals surface area contributed by atoms with Gasteiger partial charge < -0.3 is 14.8 Å². The smallest absolute Gasteiger partial charge is 0.266 e. The van der Waals surface area contributed by atoms with Crippen molar-refractivity contribution in [3.63, 3.8) is 0 Å². The molecular weight excluding hydrogens is 462 g/mol. The summed E-state index contributed by atoms with van der Waals surface area (Å²) >= 11 is 1.25. The SMILES string of the molecule is Cc1cccc(C)c1-n1c(SC(C)C(=O)Nc2ccc3c(c2)OCCO3)nc2ccccc2c1=O. The normalized spacial score (nSPS) is 13.5. The van der Waals surface area contributed by atoms with E-state index in [-0.39, 0.29) is 11.5 Å². The van der Waals surface area contributed by atoms with E-state index in [1.54, 1.807) is 35.8 Å². The summed E-state index contributed by atoms with van der Waals surface area (Å²) in [6.45, 7) is 6.72. The Bertz CT molecular complexity index is 1480. The van der Waals surface area contributed by atoms with E-state index in [2.05, 4.69) is 5.32 Å². The van der Waals surface area contributed by atoms with Gasteiger partial charge in [-0.2, -0.15) is 0 Å². The number of carbonyl (C=O) groups excluding carboxylic acids is 1. The van der Waals surface area contributed by atoms with Crippen molar-refractivity contribution in [2.75, 3.05) is 18.5 Å². The Morgan fingerprint density at radius 3 is 2.49 bits per heavy atom. The van der Waals surface area contributed by atoms with Crippen LogP contribution in [0.3, 0.4) is 0 Å². The first-order valence-corrected chi connectivity index (χ1v) is 12.3. The molecule has 1 N–H and O–H groups in total. The maximum atomic E-state index is 13.6. The molecule has 1 aromatic heterocycles. The maximum Gasteiger partial charge on any atom is 0.266 e. The highest BCUT2D eigenvalue weighted by atomic mass is 32.2. The Labute approximate surface area is 207 Å². The second-order valence-corrected chi connectivity index (χ2v) is 9.71. The van der Waals surface area contributed by atoms with Crippen LogP contribution in [-0.2, 0) is 4.79 Å². The zero-order chi connectivity index (χ0) is 24.5. The van der Waals surface area contributed by atoms with Crippen LogP contribution >= 0.6 is 11.8 Å². The molecule has 0 fully saturated rings. The van der Waals surface area contributed by atoms with Gasteiger partial charge in [-0.05, 0) is 56.2 Å². The van der Waals surface area contributed by atoms with Crippen molar-refractivity contribution in [3.05, 3.63) is 82.1 Å². The number of rotatable bonds is 5. The number of hydrogen-bond donors (Lipinski definition) is 1. The standard InChI is InChI=1S/C27H25N3O4S/c1-16-7-6-8-17(2)24(16)30-26(32)20-9-4-5-10-21(20)29-27(30)35-18(3)25(31)28-19-11-12-22-23(15-19)34-14-13-33-22/h4-12,15,18H,13-14H2,1-3H3,(H,28,31). The molecule has 2 heterocycles. The average Bonchev–Trinajstić information content (AvgIpc) is 2.85. The number of para-hydroxylation sites is 2. The number of thioether (sulfide) groups is 1. The molecule has 1 amide bonds. The lowest BCUT2D eigenvalue weighted by atomic mass is 10.1. The summed E-state index contributed by atoms with van der Waals surface area (Å²) in [7, 11) is 0. The fourth-order valence-corrected chi connectivity index (χ4v) is 5.04. The van der Waals surface area contributed by atoms with Gasteiger partial charge in [0.05, 0.1) is 21.8 Å². The monoisotopic (exact) mass is 487 g/mol. The molecule has 0 saturated heterocycles. The molecule has 1 atom stereocenters. The minimum absolute atomic E-state index is 0.157. The molecule has 1 unspecified atom stereocenters. The van der Waals surface area contributed by atoms with Gasteiger partial charge in [0.2, 0.25) is 5.91 Å². The number of carbonyl (C=O) groups is 1. The minimum Gasteiger partial charge on any atom is -0.486 e. The van der Waals surface area contributed by atoms with Gasteiger partial charge in [-0.1, -0.05) is 42.1 Å². The molecule has 0 bridgehead atoms. The number of amides is 1. The number of benzene rings is 3. The van der Waals surface area contributed by atoms with E-state index in [1.807, 2.05) is 50.2 Å². The largest absolute Gasteiger partial charge is 0.486 e. The summed E-state index contributed by atoms with van der Waals surface area (Å²) in [6, 6.07) is 18.5. The number of anilines is 1. The van der Waals surface area contributed by atoms with Crippen molar-refractivity contribution < 1.29 is 14.3 Å². The lowest BCUT2D eigenvalue weighted by Crippen LogP contribution is -2.27. The average molecular weight is 488 g/mol. The lowest BCUT2D eigenvalue weighted by Gasteiger charge is -2.20. The van der Waals surface area contributed by atoms with E-state index in [1.165, 1.54) is 11.8 Å². The number of aromatic nitrogens is 2. The maximum absolute atomic E-state index is 13.6. The van der Waals surface area contributed by atoms with Crippen LogP contribution in [0.15, 0.2) is 70.6 Å². The molecule has 35 heavy (non-hydrogen) atoms. The molecule has 8 heteroatoms. The summed E-state index contributed by atoms with van der Waals surface area (Å²) in [5, 5.41) is 3.42. The van der Waals surface area contributed by atoms with Gasteiger partial charge >= 0.3 is 0 Å². The Morgan fingerprint density at radius 1 is 1.00 bits per heavy atom. The molecule has 3 aromatic carbocycles. The molecule has 0 radical (unpaired) electrons. The Kier molecular flexibility index (Phi) is 6.21. The highest BCUT2D eigenvalue weighted by Gasteiger charge is 2.22. The van der Waals surface area contributed by atoms with E-state index in [4.69, 9.17) is 14.5 Å². The molecule has 7 nitrogen and oxygen atoms in total. The summed E-state index contributed by atoms with van der Waals surface area (Å²) < 4.78 is 12.8. The third-order valence-corrected chi connectivity index (χ3v) is 6.92. The highest BCUT2D eigenvalue weighted by Crippen LogP contribution is 2.33. The first-order valence-electron chi connectivity index (χ1n) is 11.4. The first kappa shape index (κ1) is 23.0. The van der Waals surface area contributed by atoms with Crippen LogP contribution in [0.4, 0.5) is 5.69 Å². The molecule has 178 valence electrons. The number of aryl methyl sites for hydroxylation is 2. The number of nitrogens with one attached hydrogen (secondary N) is 1. The molecular formula is C27H25N3O4S. The van der Waals surface area contributed by atoms with Crippen LogP contribution in [-0.4, -0.2) is 33.9 Å². The first-order chi connectivity index (χ1) is 16.9. The minimum atomic E-state index is -0.521. The van der Waals surface area contributed by atoms with Gasteiger partial charge in [0.15, 0.2) is 16.7 Å². The van der Waals surface area contributed by atoms with Crippen LogP contribution in [0.25, 0.3) is 16.6 Å². The van der Waals surface area contributed by atoms with Crippen LogP contribution in [0.2, 0.25) is 0 Å². The fourth-order valence-electron chi connectivity index (χ4n) is 4.12. The third kappa shape index (κ3) is 4.49. The van der Waals surface area contributed by atoms with Crippen molar-refractivity contribution in [2.45, 2.75) is 31.2 Å². The Hall–Kier alpha value is -3.78. The van der Waals surface area contributed by atoms with E-state index < -0.39 is 5.25 Å². The zero-order valence-corrected chi connectivity index (χ0v) is 20.5. The molecule has 5 rings (SSSR count). The number of fused-ring (bicyclic) bond motifs is 2. The van der Waals surface area contributed by atoms with Crippen LogP contribution < -0.4 is 20.3 Å². The van der Waals surface area contributed by atoms with Crippen molar-refractivity contribution in [2.24, 2.45) is 0 Å². The van der Waals surface area contributed by atoms with E-state index in [0.29, 0.717) is 46.5 Å². The Balaban J connectivity index is 1.49. The summed E-state index contributed by atoms with van der Waals surface area (Å²) in [5.74, 6) is 1.06. The van der Waals surface area contributed by atoms with Gasteiger partial charge in [0.25, 0.3) is 5.56 Å². The van der Waals surface area contributed by atoms with Crippen LogP contribution in [0.1, 0.15) is 18.1 Å². The lowest BCUT2D eigenvalue weighted by molar-refractivity contribution is -0.115. The van der Waals surface area contributed by atoms with Crippen molar-refractivity contribution in [1.82, 2.24) is 9.55 Å². The summed E-state index contributed by atoms with van der Waals surface area (Å²) in [4.78, 5) is 31.5. The van der Waals surface area contributed by atoms with E-state index in [0.717, 1.165) is 16.8 Å². The van der Waals surface area contributed by atoms with Gasteiger partial charge in [0, 0.05) is 11.8 Å². The van der Waals surface area contributed by atoms with Crippen molar-refractivity contribution >= 4 is 34.3 Å². The summed E-state index contributed by atoms with van der Waals surface area (Å²) in [6.07, 6.45) is 0. The fraction of sp³-hybridized carbons (Fsp3) is 0.222. The zero-order valence-electron chi connectivity index (χ0n) is 19.7. The predicted molar refractivity (Wildman–Crippen MR) is 138 cm³/mol. The molecule has 0 spiro atoms. The van der Waals surface area contributed by atoms with Crippen LogP contribution in [0, 0.1) is 13.8 Å². The van der Waals surface area contributed by atoms with Crippen molar-refractivity contribution in [1.29, 1.82) is 0 Å². The van der Waals surface area contributed by atoms with E-state index in [9.17, 15) is 9.59 Å². The van der Waals surface area contributed by atoms with Gasteiger partial charge in [0.1, 0.15) is 13.2 Å². The summed E-state index contributed by atoms with van der Waals surface area (Å²) in [5.41, 5.74) is 3.76. The second kappa shape index (κ2) is 9.46. The van der Waals surface area contributed by atoms with Gasteiger partial charge in [-0.25, -0.2) is 4.98 Å². The molecule has 0 saturated carbocycles. The second-order valence-electron chi connectivity index (χ2n) is 8.40. The van der Waals surface area contributed by atoms with Crippen molar-refractivity contribution in [3.8, 4) is 17.2 Å². The molecule has 0 aliphatic carbocycles. The quantitative estimate of drug-likeness (QED) is 0.319. The number of hydrogen-bond acceptors (Lipinski definition) is 6. The predicted octanol–water partition coefficient (Wildman–Crippen LogP) is 4.89. The number of nitrogens with zero attached hydrogens (tertiary/aromatic N) is 2. The molecule has 1 aliphatic heterocycles. The van der Waals surface area contributed by atoms with Gasteiger partial charge in [-0.15, -0.1) is 0 Å². The van der Waals surface area contributed by atoms with E-state index >= 15 is 0 Å². The van der Waals surface area contributed by atoms with Gasteiger partial charge in [-0.3, -0.25) is 14.2 Å². The molecule has 1 aliphatic rings.